The van der Waals surface area contributed by atoms with Gasteiger partial charge in [-0.2, -0.15) is 0 Å². The van der Waals surface area contributed by atoms with Crippen LogP contribution in [0.5, 0.6) is 0 Å². The molecule has 1 aromatic heterocycles. The van der Waals surface area contributed by atoms with Crippen molar-refractivity contribution in [2.75, 3.05) is 20.1 Å². The summed E-state index contributed by atoms with van der Waals surface area (Å²) in [6, 6.07) is 2.71. The van der Waals surface area contributed by atoms with Gasteiger partial charge in [0, 0.05) is 24.7 Å². The van der Waals surface area contributed by atoms with Crippen LogP contribution in [0.25, 0.3) is 0 Å². The van der Waals surface area contributed by atoms with Crippen molar-refractivity contribution < 1.29 is 4.42 Å². The molecule has 1 N–H and O–H groups in total. The third-order valence-corrected chi connectivity index (χ3v) is 2.73. The van der Waals surface area contributed by atoms with E-state index in [-0.39, 0.29) is 0 Å². The van der Waals surface area contributed by atoms with E-state index in [0.717, 1.165) is 13.1 Å². The predicted molar refractivity (Wildman–Crippen MR) is 56.1 cm³/mol. The Morgan fingerprint density at radius 2 is 2.57 bits per heavy atom. The number of nitrogens with one attached hydrogen (secondary N) is 1. The van der Waals surface area contributed by atoms with Crippen LogP contribution in [-0.4, -0.2) is 31.1 Å². The maximum atomic E-state index is 5.04. The monoisotopic (exact) mass is 194 g/mol. The third-order valence-electron chi connectivity index (χ3n) is 2.73. The molecule has 0 spiro atoms. The Kier molecular flexibility index (Phi) is 3.22. The lowest BCUT2D eigenvalue weighted by molar-refractivity contribution is 0.292. The highest BCUT2D eigenvalue weighted by molar-refractivity contribution is 5.04. The number of hydrogen-bond acceptors (Lipinski definition) is 3. The van der Waals surface area contributed by atoms with Crippen molar-refractivity contribution in [3.8, 4) is 0 Å². The molecule has 0 bridgehead atoms. The summed E-state index contributed by atoms with van der Waals surface area (Å²) in [5.41, 5.74) is 1.26. The minimum absolute atomic E-state index is 0.687. The van der Waals surface area contributed by atoms with Gasteiger partial charge in [0.2, 0.25) is 0 Å². The lowest BCUT2D eigenvalue weighted by atomic mass is 10.2. The fourth-order valence-corrected chi connectivity index (χ4v) is 2.05. The second-order valence-corrected chi connectivity index (χ2v) is 4.12. The zero-order chi connectivity index (χ0) is 9.80. The summed E-state index contributed by atoms with van der Waals surface area (Å²) in [5.74, 6) is 0. The Labute approximate surface area is 85.1 Å². The maximum absolute atomic E-state index is 5.04. The molecule has 0 saturated carbocycles. The highest BCUT2D eigenvalue weighted by Crippen LogP contribution is 2.09. The van der Waals surface area contributed by atoms with E-state index in [9.17, 15) is 0 Å². The van der Waals surface area contributed by atoms with E-state index in [1.807, 2.05) is 12.3 Å². The van der Waals surface area contributed by atoms with E-state index in [0.29, 0.717) is 6.04 Å². The van der Waals surface area contributed by atoms with Crippen molar-refractivity contribution in [1.82, 2.24) is 10.2 Å². The molecule has 2 rings (SSSR count). The smallest absolute Gasteiger partial charge is 0.0947 e. The van der Waals surface area contributed by atoms with Crippen molar-refractivity contribution in [3.63, 3.8) is 0 Å². The first kappa shape index (κ1) is 9.74. The summed E-state index contributed by atoms with van der Waals surface area (Å²) in [7, 11) is 2.16. The highest BCUT2D eigenvalue weighted by atomic mass is 16.3. The van der Waals surface area contributed by atoms with E-state index in [1.54, 1.807) is 6.26 Å². The average molecular weight is 194 g/mol. The van der Waals surface area contributed by atoms with Crippen LogP contribution in [0.15, 0.2) is 23.0 Å². The number of rotatable bonds is 4. The van der Waals surface area contributed by atoms with Gasteiger partial charge in [0.15, 0.2) is 0 Å². The normalized spacial score (nSPS) is 22.0. The van der Waals surface area contributed by atoms with E-state index in [4.69, 9.17) is 4.42 Å². The van der Waals surface area contributed by atoms with Crippen molar-refractivity contribution in [2.24, 2.45) is 0 Å². The van der Waals surface area contributed by atoms with Crippen LogP contribution in [0, 0.1) is 0 Å². The summed E-state index contributed by atoms with van der Waals surface area (Å²) in [4.78, 5) is 2.34. The van der Waals surface area contributed by atoms with Crippen LogP contribution >= 0.6 is 0 Å². The first-order valence-corrected chi connectivity index (χ1v) is 5.27. The molecule has 0 amide bonds. The minimum Gasteiger partial charge on any atom is -0.472 e. The fourth-order valence-electron chi connectivity index (χ4n) is 2.05. The predicted octanol–water partition coefficient (Wildman–Crippen LogP) is 1.46. The minimum atomic E-state index is 0.687. The largest absolute Gasteiger partial charge is 0.472 e. The molecule has 1 atom stereocenters. The summed E-state index contributed by atoms with van der Waals surface area (Å²) >= 11 is 0. The van der Waals surface area contributed by atoms with Gasteiger partial charge in [-0.3, -0.25) is 0 Å². The molecule has 3 nitrogen and oxygen atoms in total. The Morgan fingerprint density at radius 3 is 3.21 bits per heavy atom. The molecule has 1 aliphatic rings. The molecular weight excluding hydrogens is 176 g/mol. The van der Waals surface area contributed by atoms with E-state index < -0.39 is 0 Å². The van der Waals surface area contributed by atoms with Gasteiger partial charge >= 0.3 is 0 Å². The van der Waals surface area contributed by atoms with Gasteiger partial charge in [-0.1, -0.05) is 0 Å². The second kappa shape index (κ2) is 4.62. The average Bonchev–Trinajstić information content (AvgIpc) is 2.76. The van der Waals surface area contributed by atoms with Crippen LogP contribution in [0.3, 0.4) is 0 Å². The van der Waals surface area contributed by atoms with E-state index >= 15 is 0 Å². The van der Waals surface area contributed by atoms with Crippen molar-refractivity contribution in [1.29, 1.82) is 0 Å². The Balaban J connectivity index is 1.75. The van der Waals surface area contributed by atoms with Gasteiger partial charge in [-0.05, 0) is 32.5 Å². The fraction of sp³-hybridized carbons (Fsp3) is 0.636. The van der Waals surface area contributed by atoms with Gasteiger partial charge in [-0.15, -0.1) is 0 Å². The van der Waals surface area contributed by atoms with Gasteiger partial charge in [0.25, 0.3) is 0 Å². The lowest BCUT2D eigenvalue weighted by Crippen LogP contribution is -2.34. The molecule has 0 radical (unpaired) electrons. The number of hydrogen-bond donors (Lipinski definition) is 1. The topological polar surface area (TPSA) is 28.4 Å². The van der Waals surface area contributed by atoms with Crippen molar-refractivity contribution in [3.05, 3.63) is 24.2 Å². The number of furan rings is 1. The molecular formula is C11H18N2O. The van der Waals surface area contributed by atoms with Crippen LogP contribution in [0.4, 0.5) is 0 Å². The first-order valence-electron chi connectivity index (χ1n) is 5.27. The molecule has 3 heteroatoms. The Morgan fingerprint density at radius 1 is 1.64 bits per heavy atom. The quantitative estimate of drug-likeness (QED) is 0.786. The van der Waals surface area contributed by atoms with E-state index in [1.165, 1.54) is 24.9 Å². The zero-order valence-corrected chi connectivity index (χ0v) is 8.70. The molecule has 14 heavy (non-hydrogen) atoms. The van der Waals surface area contributed by atoms with Gasteiger partial charge < -0.3 is 14.6 Å². The van der Waals surface area contributed by atoms with Crippen LogP contribution in [0.2, 0.25) is 0 Å². The number of nitrogens with zero attached hydrogens (tertiary/aromatic N) is 1. The Hall–Kier alpha value is -0.800. The van der Waals surface area contributed by atoms with Crippen LogP contribution in [0.1, 0.15) is 18.4 Å². The SMILES string of the molecule is CN(Cc1ccoc1)C[C@@H]1CCCN1. The number of likely N-dealkylation sites (N-methyl/N-ethyl adjacent to an activating group) is 1. The molecule has 0 unspecified atom stereocenters. The van der Waals surface area contributed by atoms with Gasteiger partial charge in [-0.25, -0.2) is 0 Å². The molecule has 1 aromatic rings. The second-order valence-electron chi connectivity index (χ2n) is 4.12. The van der Waals surface area contributed by atoms with Crippen LogP contribution < -0.4 is 5.32 Å². The van der Waals surface area contributed by atoms with Gasteiger partial charge in [0.05, 0.1) is 12.5 Å². The highest BCUT2D eigenvalue weighted by Gasteiger charge is 2.15. The van der Waals surface area contributed by atoms with Crippen molar-refractivity contribution in [2.45, 2.75) is 25.4 Å². The molecule has 1 saturated heterocycles. The molecule has 0 aromatic carbocycles. The molecule has 2 heterocycles. The third kappa shape index (κ3) is 2.59. The van der Waals surface area contributed by atoms with Crippen molar-refractivity contribution >= 4 is 0 Å². The zero-order valence-electron chi connectivity index (χ0n) is 8.70. The summed E-state index contributed by atoms with van der Waals surface area (Å²) in [5, 5.41) is 3.50. The first-order chi connectivity index (χ1) is 6.84. The molecule has 1 fully saturated rings. The van der Waals surface area contributed by atoms with E-state index in [2.05, 4.69) is 17.3 Å². The van der Waals surface area contributed by atoms with Gasteiger partial charge in [0.1, 0.15) is 0 Å². The summed E-state index contributed by atoms with van der Waals surface area (Å²) < 4.78 is 5.04. The molecule has 78 valence electrons. The Bertz CT molecular complexity index is 252. The molecule has 0 aliphatic carbocycles. The maximum Gasteiger partial charge on any atom is 0.0947 e. The standard InChI is InChI=1S/C11H18N2O/c1-13(7-10-4-6-14-9-10)8-11-3-2-5-12-11/h4,6,9,11-12H,2-3,5,7-8H2,1H3/t11-/m0/s1. The molecule has 1 aliphatic heterocycles. The lowest BCUT2D eigenvalue weighted by Gasteiger charge is -2.20. The van der Waals surface area contributed by atoms with Crippen LogP contribution in [-0.2, 0) is 6.54 Å². The summed E-state index contributed by atoms with van der Waals surface area (Å²) in [6.07, 6.45) is 6.19. The summed E-state index contributed by atoms with van der Waals surface area (Å²) in [6.45, 7) is 3.30.